The number of carbonyl (C=O) groups excluding carboxylic acids is 1. The third kappa shape index (κ3) is 6.99. The maximum Gasteiger partial charge on any atom is 0.239 e. The third-order valence-electron chi connectivity index (χ3n) is 4.72. The molecule has 1 atom stereocenters. The zero-order valence-corrected chi connectivity index (χ0v) is 17.3. The first-order valence-electron chi connectivity index (χ1n) is 9.51. The number of rotatable bonds is 8. The number of likely N-dealkylation sites (tertiary alicyclic amines) is 1. The second-order valence-corrected chi connectivity index (χ2v) is 7.33. The van der Waals surface area contributed by atoms with E-state index in [1.54, 1.807) is 24.2 Å². The zero-order chi connectivity index (χ0) is 19.6. The predicted octanol–water partition coefficient (Wildman–Crippen LogP) is 1.39. The van der Waals surface area contributed by atoms with Crippen molar-refractivity contribution >= 4 is 23.5 Å². The molecule has 0 saturated carbocycles. The lowest BCUT2D eigenvalue weighted by Crippen LogP contribution is -2.44. The van der Waals surface area contributed by atoms with Crippen molar-refractivity contribution in [2.24, 2.45) is 4.99 Å². The standard InChI is InChI=1S/C19H31ClN6O/c1-21-19(23-11-9-15-7-8-17(20)24-14-15)22-10-5-13-26-12-4-6-16(26)18(27)25(2)3/h7-8,14,16H,4-6,9-13H2,1-3H3,(H2,21,22,23). The van der Waals surface area contributed by atoms with Crippen LogP contribution in [0.2, 0.25) is 5.15 Å². The topological polar surface area (TPSA) is 72.9 Å². The summed E-state index contributed by atoms with van der Waals surface area (Å²) in [5.41, 5.74) is 1.13. The van der Waals surface area contributed by atoms with Crippen LogP contribution in [0, 0.1) is 0 Å². The number of nitrogens with one attached hydrogen (secondary N) is 2. The van der Waals surface area contributed by atoms with E-state index in [9.17, 15) is 4.79 Å². The zero-order valence-electron chi connectivity index (χ0n) is 16.5. The Hall–Kier alpha value is -1.86. The van der Waals surface area contributed by atoms with E-state index in [1.807, 2.05) is 20.2 Å². The Morgan fingerprint density at radius 1 is 1.37 bits per heavy atom. The number of aliphatic imine (C=N–C) groups is 1. The van der Waals surface area contributed by atoms with E-state index in [0.29, 0.717) is 5.15 Å². The molecule has 1 aromatic rings. The fraction of sp³-hybridized carbons (Fsp3) is 0.632. The Morgan fingerprint density at radius 3 is 2.81 bits per heavy atom. The Morgan fingerprint density at radius 2 is 2.15 bits per heavy atom. The Labute approximate surface area is 167 Å². The number of likely N-dealkylation sites (N-methyl/N-ethyl adjacent to an activating group) is 1. The first kappa shape index (κ1) is 21.4. The lowest BCUT2D eigenvalue weighted by molar-refractivity contribution is -0.133. The van der Waals surface area contributed by atoms with Crippen LogP contribution in [0.25, 0.3) is 0 Å². The van der Waals surface area contributed by atoms with Gasteiger partial charge in [-0.25, -0.2) is 4.98 Å². The summed E-state index contributed by atoms with van der Waals surface area (Å²) in [5.74, 6) is 1.01. The molecule has 1 unspecified atom stereocenters. The summed E-state index contributed by atoms with van der Waals surface area (Å²) in [6, 6.07) is 3.83. The first-order valence-corrected chi connectivity index (χ1v) is 9.89. The van der Waals surface area contributed by atoms with Gasteiger partial charge in [-0.15, -0.1) is 0 Å². The van der Waals surface area contributed by atoms with Crippen LogP contribution < -0.4 is 10.6 Å². The monoisotopic (exact) mass is 394 g/mol. The van der Waals surface area contributed by atoms with Gasteiger partial charge in [-0.05, 0) is 43.9 Å². The Balaban J connectivity index is 1.64. The molecule has 1 saturated heterocycles. The van der Waals surface area contributed by atoms with Crippen molar-refractivity contribution in [1.82, 2.24) is 25.4 Å². The summed E-state index contributed by atoms with van der Waals surface area (Å²) in [7, 11) is 5.43. The van der Waals surface area contributed by atoms with Crippen LogP contribution in [0.5, 0.6) is 0 Å². The average molecular weight is 395 g/mol. The number of hydrogen-bond donors (Lipinski definition) is 2. The fourth-order valence-electron chi connectivity index (χ4n) is 3.26. The average Bonchev–Trinajstić information content (AvgIpc) is 3.12. The molecule has 27 heavy (non-hydrogen) atoms. The van der Waals surface area contributed by atoms with Gasteiger partial charge >= 0.3 is 0 Å². The van der Waals surface area contributed by atoms with E-state index in [0.717, 1.165) is 63.4 Å². The molecule has 0 aliphatic carbocycles. The second-order valence-electron chi connectivity index (χ2n) is 6.95. The van der Waals surface area contributed by atoms with Gasteiger partial charge in [-0.1, -0.05) is 17.7 Å². The van der Waals surface area contributed by atoms with Crippen molar-refractivity contribution in [2.45, 2.75) is 31.7 Å². The number of aromatic nitrogens is 1. The van der Waals surface area contributed by atoms with Gasteiger partial charge in [0.05, 0.1) is 6.04 Å². The quantitative estimate of drug-likeness (QED) is 0.301. The molecule has 0 aromatic carbocycles. The van der Waals surface area contributed by atoms with Gasteiger partial charge < -0.3 is 15.5 Å². The molecule has 0 radical (unpaired) electrons. The van der Waals surface area contributed by atoms with Gasteiger partial charge in [0, 0.05) is 47.0 Å². The highest BCUT2D eigenvalue weighted by atomic mass is 35.5. The molecule has 0 bridgehead atoms. The maximum absolute atomic E-state index is 12.2. The fourth-order valence-corrected chi connectivity index (χ4v) is 3.37. The van der Waals surface area contributed by atoms with E-state index in [1.165, 1.54) is 0 Å². The minimum atomic E-state index is 0.0467. The highest BCUT2D eigenvalue weighted by Crippen LogP contribution is 2.18. The lowest BCUT2D eigenvalue weighted by atomic mass is 10.2. The van der Waals surface area contributed by atoms with Gasteiger partial charge in [-0.3, -0.25) is 14.7 Å². The van der Waals surface area contributed by atoms with Crippen molar-refractivity contribution in [3.05, 3.63) is 29.0 Å². The van der Waals surface area contributed by atoms with Crippen molar-refractivity contribution in [2.75, 3.05) is 47.3 Å². The first-order chi connectivity index (χ1) is 13.0. The van der Waals surface area contributed by atoms with Crippen LogP contribution in [0.3, 0.4) is 0 Å². The highest BCUT2D eigenvalue weighted by molar-refractivity contribution is 6.29. The van der Waals surface area contributed by atoms with Crippen molar-refractivity contribution in [3.63, 3.8) is 0 Å². The summed E-state index contributed by atoms with van der Waals surface area (Å²) in [6.07, 6.45) is 5.68. The van der Waals surface area contributed by atoms with E-state index in [4.69, 9.17) is 11.6 Å². The van der Waals surface area contributed by atoms with Gasteiger partial charge in [0.1, 0.15) is 5.15 Å². The Kier molecular flexibility index (Phi) is 8.81. The molecule has 1 aliphatic rings. The molecule has 2 heterocycles. The molecule has 0 spiro atoms. The molecule has 1 aliphatic heterocycles. The van der Waals surface area contributed by atoms with E-state index in [2.05, 4.69) is 25.5 Å². The summed E-state index contributed by atoms with van der Waals surface area (Å²) >= 11 is 5.80. The largest absolute Gasteiger partial charge is 0.356 e. The smallest absolute Gasteiger partial charge is 0.239 e. The van der Waals surface area contributed by atoms with E-state index < -0.39 is 0 Å². The van der Waals surface area contributed by atoms with Crippen LogP contribution in [0.4, 0.5) is 0 Å². The molecule has 7 nitrogen and oxygen atoms in total. The lowest BCUT2D eigenvalue weighted by Gasteiger charge is -2.26. The number of halogens is 1. The van der Waals surface area contributed by atoms with Crippen molar-refractivity contribution in [1.29, 1.82) is 0 Å². The number of guanidine groups is 1. The minimum absolute atomic E-state index is 0.0467. The molecule has 1 fully saturated rings. The summed E-state index contributed by atoms with van der Waals surface area (Å²) in [6.45, 7) is 3.52. The minimum Gasteiger partial charge on any atom is -0.356 e. The molecule has 1 amide bonds. The van der Waals surface area contributed by atoms with Gasteiger partial charge in [0.2, 0.25) is 5.91 Å². The molecule has 8 heteroatoms. The highest BCUT2D eigenvalue weighted by Gasteiger charge is 2.30. The normalized spacial score (nSPS) is 17.8. The molecule has 150 valence electrons. The predicted molar refractivity (Wildman–Crippen MR) is 110 cm³/mol. The number of pyridine rings is 1. The van der Waals surface area contributed by atoms with E-state index >= 15 is 0 Å². The van der Waals surface area contributed by atoms with Crippen LogP contribution in [0.15, 0.2) is 23.3 Å². The van der Waals surface area contributed by atoms with E-state index in [-0.39, 0.29) is 11.9 Å². The van der Waals surface area contributed by atoms with Gasteiger partial charge in [0.15, 0.2) is 5.96 Å². The Bertz CT molecular complexity index is 619. The number of hydrogen-bond acceptors (Lipinski definition) is 4. The SMILES string of the molecule is CN=C(NCCCN1CCCC1C(=O)N(C)C)NCCc1ccc(Cl)nc1. The van der Waals surface area contributed by atoms with Crippen LogP contribution >= 0.6 is 11.6 Å². The van der Waals surface area contributed by atoms with Crippen LogP contribution in [0.1, 0.15) is 24.8 Å². The summed E-state index contributed by atoms with van der Waals surface area (Å²) < 4.78 is 0. The molecular formula is C19H31ClN6O. The summed E-state index contributed by atoms with van der Waals surface area (Å²) in [5, 5.41) is 7.15. The van der Waals surface area contributed by atoms with Gasteiger partial charge in [0.25, 0.3) is 0 Å². The summed E-state index contributed by atoms with van der Waals surface area (Å²) in [4.78, 5) is 24.6. The number of amides is 1. The maximum atomic E-state index is 12.2. The van der Waals surface area contributed by atoms with Crippen LogP contribution in [-0.4, -0.2) is 80.0 Å². The number of nitrogens with zero attached hydrogens (tertiary/aromatic N) is 4. The van der Waals surface area contributed by atoms with Crippen molar-refractivity contribution < 1.29 is 4.79 Å². The van der Waals surface area contributed by atoms with Crippen LogP contribution in [-0.2, 0) is 11.2 Å². The molecular weight excluding hydrogens is 364 g/mol. The third-order valence-corrected chi connectivity index (χ3v) is 4.95. The van der Waals surface area contributed by atoms with Crippen molar-refractivity contribution in [3.8, 4) is 0 Å². The second kappa shape index (κ2) is 11.1. The van der Waals surface area contributed by atoms with Gasteiger partial charge in [-0.2, -0.15) is 0 Å². The molecule has 2 rings (SSSR count). The molecule has 1 aromatic heterocycles. The molecule has 2 N–H and O–H groups in total. The number of carbonyl (C=O) groups is 1.